The SMILES string of the molecule is NC(=O)C1(S(=O)(=O)c2ccc(OCCCc3cccc(-c4ccccc4O)c3)cc2)CCOCC1. The van der Waals surface area contributed by atoms with Crippen LogP contribution in [0.15, 0.2) is 77.7 Å². The molecule has 184 valence electrons. The second-order valence-electron chi connectivity index (χ2n) is 8.62. The van der Waals surface area contributed by atoms with Crippen molar-refractivity contribution in [2.75, 3.05) is 19.8 Å². The van der Waals surface area contributed by atoms with E-state index in [1.807, 2.05) is 30.3 Å². The summed E-state index contributed by atoms with van der Waals surface area (Å²) < 4.78 is 35.8. The molecule has 7 nitrogen and oxygen atoms in total. The van der Waals surface area contributed by atoms with Gasteiger partial charge in [-0.15, -0.1) is 0 Å². The number of sulfone groups is 1. The predicted octanol–water partition coefficient (Wildman–Crippen LogP) is 3.88. The van der Waals surface area contributed by atoms with E-state index in [0.29, 0.717) is 12.4 Å². The Hall–Kier alpha value is -3.36. The maximum absolute atomic E-state index is 13.2. The Kier molecular flexibility index (Phi) is 7.42. The van der Waals surface area contributed by atoms with Crippen molar-refractivity contribution >= 4 is 15.7 Å². The van der Waals surface area contributed by atoms with Crippen molar-refractivity contribution in [3.8, 4) is 22.6 Å². The van der Waals surface area contributed by atoms with Gasteiger partial charge in [-0.05, 0) is 67.1 Å². The molecule has 1 amide bonds. The van der Waals surface area contributed by atoms with Crippen molar-refractivity contribution in [2.24, 2.45) is 5.73 Å². The number of phenols is 1. The van der Waals surface area contributed by atoms with E-state index in [0.717, 1.165) is 29.5 Å². The molecule has 3 aromatic rings. The maximum atomic E-state index is 13.2. The normalized spacial score (nSPS) is 15.4. The van der Waals surface area contributed by atoms with E-state index in [1.165, 1.54) is 12.1 Å². The molecular weight excluding hydrogens is 466 g/mol. The highest BCUT2D eigenvalue weighted by molar-refractivity contribution is 7.93. The van der Waals surface area contributed by atoms with Crippen molar-refractivity contribution in [2.45, 2.75) is 35.3 Å². The van der Waals surface area contributed by atoms with Crippen molar-refractivity contribution in [1.82, 2.24) is 0 Å². The fourth-order valence-corrected chi connectivity index (χ4v) is 6.28. The van der Waals surface area contributed by atoms with Gasteiger partial charge in [-0.25, -0.2) is 8.42 Å². The number of primary amides is 1. The standard InChI is InChI=1S/C27H29NO6S/c28-26(30)27(14-17-33-18-15-27)35(31,32)23-12-10-22(11-13-23)34-16-4-6-20-5-3-7-21(19-20)24-8-1-2-9-25(24)29/h1-3,5,7-13,19,29H,4,6,14-18H2,(H2,28,30). The predicted molar refractivity (Wildman–Crippen MR) is 133 cm³/mol. The zero-order valence-corrected chi connectivity index (χ0v) is 20.2. The molecular formula is C27H29NO6S. The third kappa shape index (κ3) is 5.18. The molecule has 1 fully saturated rings. The third-order valence-corrected chi connectivity index (χ3v) is 8.95. The average molecular weight is 496 g/mol. The van der Waals surface area contributed by atoms with Crippen molar-refractivity contribution < 1.29 is 27.8 Å². The van der Waals surface area contributed by atoms with E-state index < -0.39 is 20.5 Å². The van der Waals surface area contributed by atoms with Crippen LogP contribution >= 0.6 is 0 Å². The van der Waals surface area contributed by atoms with Crippen LogP contribution in [0.2, 0.25) is 0 Å². The first-order chi connectivity index (χ1) is 16.8. The molecule has 35 heavy (non-hydrogen) atoms. The molecule has 0 aromatic heterocycles. The van der Waals surface area contributed by atoms with Crippen LogP contribution in [-0.2, 0) is 25.8 Å². The number of nitrogens with two attached hydrogens (primary N) is 1. The van der Waals surface area contributed by atoms with E-state index in [4.69, 9.17) is 15.2 Å². The van der Waals surface area contributed by atoms with Crippen LogP contribution in [0.3, 0.4) is 0 Å². The zero-order valence-electron chi connectivity index (χ0n) is 19.4. The summed E-state index contributed by atoms with van der Waals surface area (Å²) in [4.78, 5) is 12.2. The highest BCUT2D eigenvalue weighted by atomic mass is 32.2. The fourth-order valence-electron chi connectivity index (χ4n) is 4.37. The number of carbonyl (C=O) groups excluding carboxylic acids is 1. The number of benzene rings is 3. The van der Waals surface area contributed by atoms with Gasteiger partial charge in [-0.1, -0.05) is 42.5 Å². The van der Waals surface area contributed by atoms with Gasteiger partial charge in [-0.3, -0.25) is 4.79 Å². The summed E-state index contributed by atoms with van der Waals surface area (Å²) in [5.74, 6) is -0.0447. The number of ether oxygens (including phenoxy) is 2. The van der Waals surface area contributed by atoms with Crippen LogP contribution in [0.1, 0.15) is 24.8 Å². The fraction of sp³-hybridized carbons (Fsp3) is 0.296. The Labute approximate surface area is 205 Å². The van der Waals surface area contributed by atoms with E-state index in [1.54, 1.807) is 24.3 Å². The molecule has 0 unspecified atom stereocenters. The highest BCUT2D eigenvalue weighted by Gasteiger charge is 2.51. The number of rotatable bonds is 9. The summed E-state index contributed by atoms with van der Waals surface area (Å²) in [6.45, 7) is 0.813. The minimum absolute atomic E-state index is 0.0477. The third-order valence-electron chi connectivity index (χ3n) is 6.42. The monoisotopic (exact) mass is 495 g/mol. The largest absolute Gasteiger partial charge is 0.507 e. The lowest BCUT2D eigenvalue weighted by atomic mass is 9.98. The highest BCUT2D eigenvalue weighted by Crippen LogP contribution is 2.35. The van der Waals surface area contributed by atoms with E-state index >= 15 is 0 Å². The molecule has 0 radical (unpaired) electrons. The molecule has 1 aliphatic heterocycles. The van der Waals surface area contributed by atoms with Gasteiger partial charge in [0.2, 0.25) is 5.91 Å². The minimum atomic E-state index is -3.96. The summed E-state index contributed by atoms with van der Waals surface area (Å²) >= 11 is 0. The van der Waals surface area contributed by atoms with E-state index in [9.17, 15) is 18.3 Å². The van der Waals surface area contributed by atoms with Gasteiger partial charge in [0, 0.05) is 18.8 Å². The van der Waals surface area contributed by atoms with Crippen LogP contribution in [0, 0.1) is 0 Å². The molecule has 3 aromatic carbocycles. The van der Waals surface area contributed by atoms with Gasteiger partial charge in [0.15, 0.2) is 14.6 Å². The molecule has 0 saturated carbocycles. The van der Waals surface area contributed by atoms with Crippen LogP contribution in [0.5, 0.6) is 11.5 Å². The Balaban J connectivity index is 1.35. The quantitative estimate of drug-likeness (QED) is 0.435. The summed E-state index contributed by atoms with van der Waals surface area (Å²) in [5, 5.41) is 10.1. The van der Waals surface area contributed by atoms with Crippen LogP contribution in [-0.4, -0.2) is 44.0 Å². The summed E-state index contributed by atoms with van der Waals surface area (Å²) in [5.41, 5.74) is 8.40. The van der Waals surface area contributed by atoms with Gasteiger partial charge in [0.05, 0.1) is 11.5 Å². The second kappa shape index (κ2) is 10.5. The maximum Gasteiger partial charge on any atom is 0.239 e. The second-order valence-corrected chi connectivity index (χ2v) is 10.9. The van der Waals surface area contributed by atoms with Crippen LogP contribution in [0.25, 0.3) is 11.1 Å². The Morgan fingerprint density at radius 1 is 1.00 bits per heavy atom. The van der Waals surface area contributed by atoms with Gasteiger partial charge in [-0.2, -0.15) is 0 Å². The van der Waals surface area contributed by atoms with Gasteiger partial charge >= 0.3 is 0 Å². The summed E-state index contributed by atoms with van der Waals surface area (Å²) in [6, 6.07) is 21.4. The Bertz CT molecular complexity index is 1280. The van der Waals surface area contributed by atoms with Crippen molar-refractivity contribution in [1.29, 1.82) is 0 Å². The van der Waals surface area contributed by atoms with E-state index in [2.05, 4.69) is 6.07 Å². The molecule has 1 saturated heterocycles. The topological polar surface area (TPSA) is 116 Å². The van der Waals surface area contributed by atoms with Crippen molar-refractivity contribution in [3.05, 3.63) is 78.4 Å². The minimum Gasteiger partial charge on any atom is -0.507 e. The molecule has 0 atom stereocenters. The number of hydrogen-bond donors (Lipinski definition) is 2. The van der Waals surface area contributed by atoms with Gasteiger partial charge in [0.25, 0.3) is 0 Å². The first kappa shape index (κ1) is 24.8. The van der Waals surface area contributed by atoms with E-state index in [-0.39, 0.29) is 36.7 Å². The number of para-hydroxylation sites is 1. The number of aryl methyl sites for hydroxylation is 1. The molecule has 1 aliphatic rings. The number of aromatic hydroxyl groups is 1. The van der Waals surface area contributed by atoms with Crippen molar-refractivity contribution in [3.63, 3.8) is 0 Å². The average Bonchev–Trinajstić information content (AvgIpc) is 2.87. The molecule has 0 spiro atoms. The van der Waals surface area contributed by atoms with Crippen LogP contribution < -0.4 is 10.5 Å². The summed E-state index contributed by atoms with van der Waals surface area (Å²) in [6.07, 6.45) is 1.65. The Morgan fingerprint density at radius 2 is 1.71 bits per heavy atom. The molecule has 0 bridgehead atoms. The Morgan fingerprint density at radius 3 is 2.40 bits per heavy atom. The molecule has 8 heteroatoms. The van der Waals surface area contributed by atoms with Gasteiger partial charge < -0.3 is 20.3 Å². The first-order valence-corrected chi connectivity index (χ1v) is 13.0. The van der Waals surface area contributed by atoms with Crippen LogP contribution in [0.4, 0.5) is 0 Å². The van der Waals surface area contributed by atoms with Gasteiger partial charge in [0.1, 0.15) is 11.5 Å². The lowest BCUT2D eigenvalue weighted by Crippen LogP contribution is -2.53. The number of carbonyl (C=O) groups is 1. The number of phenolic OH excluding ortho intramolecular Hbond substituents is 1. The molecule has 4 rings (SSSR count). The lowest BCUT2D eigenvalue weighted by Gasteiger charge is -2.33. The first-order valence-electron chi connectivity index (χ1n) is 11.6. The summed E-state index contributed by atoms with van der Waals surface area (Å²) in [7, 11) is -3.96. The molecule has 3 N–H and O–H groups in total. The molecule has 1 heterocycles. The zero-order chi connectivity index (χ0) is 24.9. The molecule has 0 aliphatic carbocycles. The smallest absolute Gasteiger partial charge is 0.239 e. The lowest BCUT2D eigenvalue weighted by molar-refractivity contribution is -0.122. The number of hydrogen-bond acceptors (Lipinski definition) is 6. The number of amides is 1.